The maximum absolute atomic E-state index is 12.8. The lowest BCUT2D eigenvalue weighted by Crippen LogP contribution is -2.46. The molecule has 1 aliphatic heterocycles. The van der Waals surface area contributed by atoms with Gasteiger partial charge < -0.3 is 19.9 Å². The van der Waals surface area contributed by atoms with E-state index < -0.39 is 5.69 Å². The van der Waals surface area contributed by atoms with Crippen LogP contribution in [0.15, 0.2) is 33.9 Å². The number of piperazine rings is 1. The van der Waals surface area contributed by atoms with Gasteiger partial charge >= 0.3 is 5.69 Å². The molecule has 1 amide bonds. The average Bonchev–Trinajstić information content (AvgIpc) is 2.83. The first kappa shape index (κ1) is 23.5. The van der Waals surface area contributed by atoms with Gasteiger partial charge in [-0.1, -0.05) is 0 Å². The third-order valence-corrected chi connectivity index (χ3v) is 6.28. The van der Waals surface area contributed by atoms with Crippen molar-refractivity contribution in [2.45, 2.75) is 26.9 Å². The van der Waals surface area contributed by atoms with Gasteiger partial charge in [0.25, 0.3) is 11.5 Å². The van der Waals surface area contributed by atoms with Crippen molar-refractivity contribution < 1.29 is 9.53 Å². The fourth-order valence-corrected chi connectivity index (χ4v) is 4.49. The zero-order valence-electron chi connectivity index (χ0n) is 20.0. The van der Waals surface area contributed by atoms with Crippen LogP contribution in [0.1, 0.15) is 28.7 Å². The zero-order chi connectivity index (χ0) is 24.4. The van der Waals surface area contributed by atoms with Crippen molar-refractivity contribution in [3.05, 3.63) is 62.1 Å². The Kier molecular flexibility index (Phi) is 6.69. The maximum Gasteiger partial charge on any atom is 0.328 e. The molecule has 0 aliphatic carbocycles. The van der Waals surface area contributed by atoms with Gasteiger partial charge in [-0.05, 0) is 43.7 Å². The largest absolute Gasteiger partial charge is 0.496 e. The number of amides is 1. The minimum absolute atomic E-state index is 0.194. The van der Waals surface area contributed by atoms with E-state index in [0.717, 1.165) is 43.1 Å². The molecule has 1 fully saturated rings. The highest BCUT2D eigenvalue weighted by molar-refractivity contribution is 5.92. The second-order valence-electron chi connectivity index (χ2n) is 8.34. The fraction of sp³-hybridized carbons (Fsp3) is 0.417. The molecule has 0 bridgehead atoms. The van der Waals surface area contributed by atoms with Crippen LogP contribution in [0.4, 0.5) is 5.69 Å². The van der Waals surface area contributed by atoms with Crippen molar-refractivity contribution in [2.75, 3.05) is 45.2 Å². The third-order valence-electron chi connectivity index (χ3n) is 6.28. The zero-order valence-corrected chi connectivity index (χ0v) is 20.0. The SMILES string of the molecule is CCn1c(=O)[nH]c2cc(CN3CCN(c4ccc(C(=O)NC)nc4C)CC3)cc(OC)c2c1=O. The normalized spacial score (nSPS) is 14.4. The minimum Gasteiger partial charge on any atom is -0.496 e. The van der Waals surface area contributed by atoms with Gasteiger partial charge in [-0.3, -0.25) is 19.1 Å². The number of aryl methyl sites for hydroxylation is 1. The number of fused-ring (bicyclic) bond motifs is 1. The summed E-state index contributed by atoms with van der Waals surface area (Å²) in [4.78, 5) is 48.7. The predicted molar refractivity (Wildman–Crippen MR) is 131 cm³/mol. The van der Waals surface area contributed by atoms with Crippen molar-refractivity contribution in [1.29, 1.82) is 0 Å². The van der Waals surface area contributed by atoms with Crippen LogP contribution >= 0.6 is 0 Å². The van der Waals surface area contributed by atoms with Gasteiger partial charge in [0, 0.05) is 46.3 Å². The first-order valence-corrected chi connectivity index (χ1v) is 11.4. The molecule has 34 heavy (non-hydrogen) atoms. The number of hydrogen-bond acceptors (Lipinski definition) is 7. The Morgan fingerprint density at radius 3 is 2.53 bits per heavy atom. The summed E-state index contributed by atoms with van der Waals surface area (Å²) in [5.74, 6) is 0.271. The smallest absolute Gasteiger partial charge is 0.328 e. The summed E-state index contributed by atoms with van der Waals surface area (Å²) in [6.07, 6.45) is 0. The Labute approximate surface area is 197 Å². The second kappa shape index (κ2) is 9.68. The summed E-state index contributed by atoms with van der Waals surface area (Å²) in [5.41, 5.74) is 2.97. The van der Waals surface area contributed by atoms with Gasteiger partial charge in [-0.2, -0.15) is 0 Å². The van der Waals surface area contributed by atoms with Crippen LogP contribution in [0.5, 0.6) is 5.75 Å². The topological polar surface area (TPSA) is 113 Å². The number of pyridine rings is 1. The van der Waals surface area contributed by atoms with E-state index in [-0.39, 0.29) is 11.5 Å². The van der Waals surface area contributed by atoms with Gasteiger partial charge in [0.05, 0.1) is 24.0 Å². The lowest BCUT2D eigenvalue weighted by atomic mass is 10.1. The predicted octanol–water partition coefficient (Wildman–Crippen LogP) is 1.10. The molecule has 3 aromatic rings. The molecule has 2 aromatic heterocycles. The number of ether oxygens (including phenoxy) is 1. The Bertz CT molecular complexity index is 1340. The molecule has 0 radical (unpaired) electrons. The monoisotopic (exact) mass is 466 g/mol. The van der Waals surface area contributed by atoms with Crippen molar-refractivity contribution in [3.8, 4) is 5.75 Å². The van der Waals surface area contributed by atoms with Gasteiger partial charge in [0.15, 0.2) is 0 Å². The number of benzene rings is 1. The number of carbonyl (C=O) groups excluding carboxylic acids is 1. The van der Waals surface area contributed by atoms with E-state index in [1.54, 1.807) is 20.0 Å². The summed E-state index contributed by atoms with van der Waals surface area (Å²) in [7, 11) is 3.13. The number of nitrogens with zero attached hydrogens (tertiary/aromatic N) is 4. The van der Waals surface area contributed by atoms with Gasteiger partial charge in [0.2, 0.25) is 0 Å². The Hall–Kier alpha value is -3.66. The Morgan fingerprint density at radius 1 is 1.18 bits per heavy atom. The number of methoxy groups -OCH3 is 1. The number of hydrogen-bond donors (Lipinski definition) is 2. The molecule has 180 valence electrons. The molecular weight excluding hydrogens is 436 g/mol. The molecule has 10 heteroatoms. The summed E-state index contributed by atoms with van der Waals surface area (Å²) in [6, 6.07) is 7.44. The van der Waals surface area contributed by atoms with Crippen LogP contribution in [0.25, 0.3) is 10.9 Å². The summed E-state index contributed by atoms with van der Waals surface area (Å²) in [5, 5.41) is 2.99. The lowest BCUT2D eigenvalue weighted by Gasteiger charge is -2.36. The Balaban J connectivity index is 1.50. The number of aromatic nitrogens is 3. The van der Waals surface area contributed by atoms with Crippen LogP contribution in [0.3, 0.4) is 0 Å². The highest BCUT2D eigenvalue weighted by Gasteiger charge is 2.21. The highest BCUT2D eigenvalue weighted by Crippen LogP contribution is 2.25. The van der Waals surface area contributed by atoms with E-state index in [1.165, 1.54) is 11.7 Å². The molecule has 1 saturated heterocycles. The molecule has 0 unspecified atom stereocenters. The number of carbonyl (C=O) groups is 1. The van der Waals surface area contributed by atoms with E-state index in [4.69, 9.17) is 4.74 Å². The third kappa shape index (κ3) is 4.41. The maximum atomic E-state index is 12.8. The highest BCUT2D eigenvalue weighted by atomic mass is 16.5. The lowest BCUT2D eigenvalue weighted by molar-refractivity contribution is 0.0958. The second-order valence-corrected chi connectivity index (χ2v) is 8.34. The van der Waals surface area contributed by atoms with Crippen molar-refractivity contribution in [3.63, 3.8) is 0 Å². The standard InChI is InChI=1S/C24H30N6O4/c1-5-30-23(32)21-18(27-24(30)33)12-16(13-20(21)34-4)14-28-8-10-29(11-9-28)19-7-6-17(22(31)25-3)26-15(19)2/h6-7,12-13H,5,8-11,14H2,1-4H3,(H,25,31)(H,27,33). The molecule has 10 nitrogen and oxygen atoms in total. The Morgan fingerprint density at radius 2 is 1.91 bits per heavy atom. The summed E-state index contributed by atoms with van der Waals surface area (Å²) < 4.78 is 6.67. The molecule has 0 atom stereocenters. The van der Waals surface area contributed by atoms with Crippen molar-refractivity contribution in [2.24, 2.45) is 0 Å². The van der Waals surface area contributed by atoms with Crippen LogP contribution in [-0.2, 0) is 13.1 Å². The van der Waals surface area contributed by atoms with E-state index in [2.05, 4.69) is 25.1 Å². The van der Waals surface area contributed by atoms with E-state index in [1.807, 2.05) is 25.1 Å². The molecule has 2 N–H and O–H groups in total. The minimum atomic E-state index is -0.417. The number of H-pyrrole nitrogens is 1. The number of nitrogens with one attached hydrogen (secondary N) is 2. The summed E-state index contributed by atoms with van der Waals surface area (Å²) in [6.45, 7) is 7.97. The van der Waals surface area contributed by atoms with Gasteiger partial charge in [0.1, 0.15) is 16.8 Å². The quantitative estimate of drug-likeness (QED) is 0.560. The van der Waals surface area contributed by atoms with Crippen molar-refractivity contribution >= 4 is 22.5 Å². The summed E-state index contributed by atoms with van der Waals surface area (Å²) >= 11 is 0. The van der Waals surface area contributed by atoms with E-state index in [0.29, 0.717) is 35.4 Å². The molecule has 3 heterocycles. The molecule has 1 aromatic carbocycles. The van der Waals surface area contributed by atoms with Crippen LogP contribution in [-0.4, -0.2) is 65.7 Å². The first-order chi connectivity index (χ1) is 16.4. The molecule has 0 spiro atoms. The van der Waals surface area contributed by atoms with Gasteiger partial charge in [-0.15, -0.1) is 0 Å². The van der Waals surface area contributed by atoms with Crippen molar-refractivity contribution in [1.82, 2.24) is 24.8 Å². The molecule has 4 rings (SSSR count). The number of aromatic amines is 1. The molecule has 1 aliphatic rings. The van der Waals surface area contributed by atoms with Crippen LogP contribution < -0.4 is 26.2 Å². The average molecular weight is 467 g/mol. The molecule has 0 saturated carbocycles. The van der Waals surface area contributed by atoms with Crippen LogP contribution in [0.2, 0.25) is 0 Å². The first-order valence-electron chi connectivity index (χ1n) is 11.4. The van der Waals surface area contributed by atoms with E-state index >= 15 is 0 Å². The van der Waals surface area contributed by atoms with E-state index in [9.17, 15) is 14.4 Å². The van der Waals surface area contributed by atoms with Crippen LogP contribution in [0, 0.1) is 6.92 Å². The molecular formula is C24H30N6O4. The fourth-order valence-electron chi connectivity index (χ4n) is 4.49. The number of rotatable bonds is 6. The van der Waals surface area contributed by atoms with Gasteiger partial charge in [-0.25, -0.2) is 9.78 Å². The number of anilines is 1.